The van der Waals surface area contributed by atoms with E-state index in [1.165, 1.54) is 0 Å². The summed E-state index contributed by atoms with van der Waals surface area (Å²) in [6.07, 6.45) is 1.97. The number of fused-ring (bicyclic) bond motifs is 1. The Morgan fingerprint density at radius 3 is 2.60 bits per heavy atom. The monoisotopic (exact) mass is 419 g/mol. The molecule has 0 amide bonds. The summed E-state index contributed by atoms with van der Waals surface area (Å²) >= 11 is 5.90. The molecular formula is C24H22ClN3O2. The molecule has 4 rings (SSSR count). The summed E-state index contributed by atoms with van der Waals surface area (Å²) in [5, 5.41) is 2.78. The van der Waals surface area contributed by atoms with Crippen LogP contribution in [-0.2, 0) is 11.3 Å². The number of esters is 1. The lowest BCUT2D eigenvalue weighted by Gasteiger charge is -2.12. The first-order valence-corrected chi connectivity index (χ1v) is 10.2. The highest BCUT2D eigenvalue weighted by molar-refractivity contribution is 6.29. The molecule has 0 aliphatic carbocycles. The minimum Gasteiger partial charge on any atom is -0.425 e. The third kappa shape index (κ3) is 4.02. The molecule has 4 aromatic rings. The molecule has 2 heterocycles. The molecule has 0 bridgehead atoms. The smallest absolute Gasteiger partial charge is 0.329 e. The maximum atomic E-state index is 12.1. The summed E-state index contributed by atoms with van der Waals surface area (Å²) < 4.78 is 7.58. The Labute approximate surface area is 180 Å². The number of hydrogen-bond donors (Lipinski definition) is 1. The zero-order valence-electron chi connectivity index (χ0n) is 16.8. The van der Waals surface area contributed by atoms with Crippen molar-refractivity contribution in [2.45, 2.75) is 25.8 Å². The van der Waals surface area contributed by atoms with Gasteiger partial charge in [-0.25, -0.2) is 4.98 Å². The predicted molar refractivity (Wildman–Crippen MR) is 120 cm³/mol. The predicted octanol–water partition coefficient (Wildman–Crippen LogP) is 5.45. The molecule has 0 aliphatic rings. The number of alkyl halides is 1. The van der Waals surface area contributed by atoms with Gasteiger partial charge in [0.15, 0.2) is 0 Å². The summed E-state index contributed by atoms with van der Waals surface area (Å²) in [5.74, 6) is 0.765. The molecule has 2 aromatic carbocycles. The molecule has 0 aliphatic heterocycles. The van der Waals surface area contributed by atoms with Crippen molar-refractivity contribution in [3.8, 4) is 17.0 Å². The molecule has 2 aromatic heterocycles. The highest BCUT2D eigenvalue weighted by Gasteiger charge is 2.21. The second-order valence-electron chi connectivity index (χ2n) is 7.07. The van der Waals surface area contributed by atoms with E-state index in [0.29, 0.717) is 18.0 Å². The number of aryl methyl sites for hydroxylation is 1. The molecule has 0 radical (unpaired) electrons. The van der Waals surface area contributed by atoms with Gasteiger partial charge in [-0.1, -0.05) is 48.5 Å². The fourth-order valence-corrected chi connectivity index (χ4v) is 3.33. The molecule has 0 fully saturated rings. The number of aromatic nitrogens is 2. The van der Waals surface area contributed by atoms with Crippen LogP contribution in [0.25, 0.3) is 16.9 Å². The lowest BCUT2D eigenvalue weighted by molar-refractivity contribution is -0.133. The first-order chi connectivity index (χ1) is 14.5. The molecule has 0 unspecified atom stereocenters. The van der Waals surface area contributed by atoms with Gasteiger partial charge >= 0.3 is 5.97 Å². The second kappa shape index (κ2) is 8.59. The number of anilines is 1. The Kier molecular flexibility index (Phi) is 5.72. The van der Waals surface area contributed by atoms with Crippen molar-refractivity contribution in [2.24, 2.45) is 0 Å². The first kappa shape index (κ1) is 20.0. The van der Waals surface area contributed by atoms with Crippen LogP contribution >= 0.6 is 11.6 Å². The minimum absolute atomic E-state index is 0.429. The van der Waals surface area contributed by atoms with Gasteiger partial charge in [-0.3, -0.25) is 9.20 Å². The standard InChI is InChI=1S/C24H22ClN3O2/c1-16-9-8-14-28-22(16)27-21(23(28)26-15-18-10-4-3-5-11-18)19-12-6-7-13-20(19)30-24(29)17(2)25/h3-14,17,26H,15H2,1-2H3/t17-/m0/s1. The van der Waals surface area contributed by atoms with E-state index in [0.717, 1.165) is 28.2 Å². The van der Waals surface area contributed by atoms with Gasteiger partial charge in [0.2, 0.25) is 0 Å². The average molecular weight is 420 g/mol. The number of hydrogen-bond acceptors (Lipinski definition) is 4. The van der Waals surface area contributed by atoms with Gasteiger partial charge in [0, 0.05) is 18.3 Å². The molecular weight excluding hydrogens is 398 g/mol. The molecule has 30 heavy (non-hydrogen) atoms. The molecule has 0 spiro atoms. The number of pyridine rings is 1. The van der Waals surface area contributed by atoms with Gasteiger partial charge in [-0.05, 0) is 43.2 Å². The number of nitrogens with zero attached hydrogens (tertiary/aromatic N) is 2. The largest absolute Gasteiger partial charge is 0.425 e. The number of benzene rings is 2. The summed E-state index contributed by atoms with van der Waals surface area (Å²) in [4.78, 5) is 17.0. The minimum atomic E-state index is -0.739. The first-order valence-electron chi connectivity index (χ1n) is 9.75. The lowest BCUT2D eigenvalue weighted by Crippen LogP contribution is -2.18. The average Bonchev–Trinajstić information content (AvgIpc) is 3.13. The van der Waals surface area contributed by atoms with Crippen LogP contribution in [0.5, 0.6) is 5.75 Å². The van der Waals surface area contributed by atoms with E-state index in [-0.39, 0.29) is 0 Å². The number of carbonyl (C=O) groups is 1. The lowest BCUT2D eigenvalue weighted by atomic mass is 10.1. The topological polar surface area (TPSA) is 55.6 Å². The van der Waals surface area contributed by atoms with Crippen molar-refractivity contribution in [1.82, 2.24) is 9.38 Å². The third-order valence-corrected chi connectivity index (χ3v) is 5.00. The maximum Gasteiger partial charge on any atom is 0.329 e. The fraction of sp³-hybridized carbons (Fsp3) is 0.167. The van der Waals surface area contributed by atoms with Crippen LogP contribution < -0.4 is 10.1 Å². The van der Waals surface area contributed by atoms with Gasteiger partial charge in [-0.15, -0.1) is 11.6 Å². The maximum absolute atomic E-state index is 12.1. The third-order valence-electron chi connectivity index (χ3n) is 4.83. The number of para-hydroxylation sites is 1. The zero-order valence-corrected chi connectivity index (χ0v) is 17.6. The van der Waals surface area contributed by atoms with Crippen LogP contribution in [0.3, 0.4) is 0 Å². The second-order valence-corrected chi connectivity index (χ2v) is 7.72. The number of carbonyl (C=O) groups excluding carboxylic acids is 1. The zero-order chi connectivity index (χ0) is 21.1. The Balaban J connectivity index is 1.81. The summed E-state index contributed by atoms with van der Waals surface area (Å²) in [6, 6.07) is 21.5. The highest BCUT2D eigenvalue weighted by atomic mass is 35.5. The SMILES string of the molecule is Cc1cccn2c(NCc3ccccc3)c(-c3ccccc3OC(=O)[C@H](C)Cl)nc12. The van der Waals surface area contributed by atoms with Crippen LogP contribution in [0, 0.1) is 6.92 Å². The molecule has 0 saturated heterocycles. The Morgan fingerprint density at radius 1 is 1.10 bits per heavy atom. The van der Waals surface area contributed by atoms with Crippen molar-refractivity contribution in [2.75, 3.05) is 5.32 Å². The van der Waals surface area contributed by atoms with E-state index in [1.54, 1.807) is 13.0 Å². The van der Waals surface area contributed by atoms with Gasteiger partial charge in [-0.2, -0.15) is 0 Å². The summed E-state index contributed by atoms with van der Waals surface area (Å²) in [7, 11) is 0. The molecule has 1 N–H and O–H groups in total. The summed E-state index contributed by atoms with van der Waals surface area (Å²) in [6.45, 7) is 4.25. The molecule has 5 nitrogen and oxygen atoms in total. The van der Waals surface area contributed by atoms with Gasteiger partial charge < -0.3 is 10.1 Å². The number of rotatable bonds is 6. The van der Waals surface area contributed by atoms with Gasteiger partial charge in [0.05, 0.1) is 0 Å². The van der Waals surface area contributed by atoms with Crippen LogP contribution in [0.1, 0.15) is 18.1 Å². The number of imidazole rings is 1. The number of nitrogens with one attached hydrogen (secondary N) is 1. The molecule has 1 atom stereocenters. The Hall–Kier alpha value is -3.31. The van der Waals surface area contributed by atoms with E-state index >= 15 is 0 Å². The van der Waals surface area contributed by atoms with Crippen molar-refractivity contribution < 1.29 is 9.53 Å². The van der Waals surface area contributed by atoms with Crippen LogP contribution in [-0.4, -0.2) is 20.7 Å². The van der Waals surface area contributed by atoms with Crippen molar-refractivity contribution in [3.63, 3.8) is 0 Å². The van der Waals surface area contributed by atoms with Crippen LogP contribution in [0.15, 0.2) is 72.9 Å². The van der Waals surface area contributed by atoms with E-state index in [4.69, 9.17) is 21.3 Å². The summed E-state index contributed by atoms with van der Waals surface area (Å²) in [5.41, 5.74) is 4.49. The number of halogens is 1. The van der Waals surface area contributed by atoms with Gasteiger partial charge in [0.25, 0.3) is 0 Å². The van der Waals surface area contributed by atoms with Crippen LogP contribution in [0.4, 0.5) is 5.82 Å². The van der Waals surface area contributed by atoms with Crippen molar-refractivity contribution >= 4 is 29.0 Å². The van der Waals surface area contributed by atoms with E-state index < -0.39 is 11.3 Å². The Bertz CT molecular complexity index is 1190. The fourth-order valence-electron chi connectivity index (χ4n) is 3.28. The molecule has 152 valence electrons. The molecule has 0 saturated carbocycles. The normalized spacial score (nSPS) is 12.0. The highest BCUT2D eigenvalue weighted by Crippen LogP contribution is 2.36. The quantitative estimate of drug-likeness (QED) is 0.256. The van der Waals surface area contributed by atoms with E-state index in [1.807, 2.05) is 66.1 Å². The Morgan fingerprint density at radius 2 is 1.83 bits per heavy atom. The van der Waals surface area contributed by atoms with E-state index in [2.05, 4.69) is 17.4 Å². The van der Waals surface area contributed by atoms with Crippen molar-refractivity contribution in [3.05, 3.63) is 84.1 Å². The van der Waals surface area contributed by atoms with Crippen LogP contribution in [0.2, 0.25) is 0 Å². The number of ether oxygens (including phenoxy) is 1. The molecule has 6 heteroatoms. The van der Waals surface area contributed by atoms with Crippen molar-refractivity contribution in [1.29, 1.82) is 0 Å². The van der Waals surface area contributed by atoms with E-state index in [9.17, 15) is 4.79 Å². The van der Waals surface area contributed by atoms with Gasteiger partial charge in [0.1, 0.15) is 28.3 Å².